The third-order valence-corrected chi connectivity index (χ3v) is 2.49. The summed E-state index contributed by atoms with van der Waals surface area (Å²) >= 11 is 0. The Bertz CT molecular complexity index is 629. The van der Waals surface area contributed by atoms with Crippen LogP contribution in [0.2, 0.25) is 0 Å². The largest absolute Gasteiger partial charge is 0.323 e. The molecule has 2 heterocycles. The van der Waals surface area contributed by atoms with Crippen molar-refractivity contribution in [3.05, 3.63) is 40.2 Å². The quantitative estimate of drug-likeness (QED) is 0.673. The lowest BCUT2D eigenvalue weighted by Gasteiger charge is -2.05. The highest BCUT2D eigenvalue weighted by atomic mass is 19.3. The highest BCUT2D eigenvalue weighted by Gasteiger charge is 2.11. The molecule has 0 unspecified atom stereocenters. The summed E-state index contributed by atoms with van der Waals surface area (Å²) in [6, 6.07) is 2.89. The van der Waals surface area contributed by atoms with Crippen LogP contribution in [0, 0.1) is 17.0 Å². The molecule has 0 spiro atoms. The van der Waals surface area contributed by atoms with Gasteiger partial charge in [-0.05, 0) is 12.5 Å². The summed E-state index contributed by atoms with van der Waals surface area (Å²) in [6.45, 7) is 1.16. The van der Waals surface area contributed by atoms with Crippen molar-refractivity contribution in [2.45, 2.75) is 19.9 Å². The van der Waals surface area contributed by atoms with E-state index < -0.39 is 17.9 Å². The summed E-state index contributed by atoms with van der Waals surface area (Å²) in [5.74, 6) is 0.730. The maximum atomic E-state index is 12.2. The Kier molecular flexibility index (Phi) is 3.87. The molecule has 0 amide bonds. The Morgan fingerprint density at radius 3 is 2.90 bits per heavy atom. The lowest BCUT2D eigenvalue weighted by Crippen LogP contribution is -2.07. The van der Waals surface area contributed by atoms with Gasteiger partial charge in [0.2, 0.25) is 0 Å². The molecule has 2 rings (SSSR count). The van der Waals surface area contributed by atoms with Crippen LogP contribution in [0.1, 0.15) is 5.56 Å². The molecule has 0 aliphatic carbocycles. The fraction of sp³-hybridized carbons (Fsp3) is 0.273. The Morgan fingerprint density at radius 2 is 2.30 bits per heavy atom. The van der Waals surface area contributed by atoms with Gasteiger partial charge in [0, 0.05) is 18.3 Å². The second kappa shape index (κ2) is 5.59. The number of hydrogen-bond donors (Lipinski definition) is 1. The first-order valence-corrected chi connectivity index (χ1v) is 5.65. The average Bonchev–Trinajstić information content (AvgIpc) is 2.78. The molecule has 0 atom stereocenters. The molecule has 0 aliphatic heterocycles. The number of aryl methyl sites for hydroxylation is 1. The SMILES string of the molecule is Cc1cc([N+](=O)[O-])cnc1Nc1ccn(CC(F)F)n1. The molecule has 0 aromatic carbocycles. The first kappa shape index (κ1) is 13.8. The van der Waals surface area contributed by atoms with Crippen molar-refractivity contribution in [1.29, 1.82) is 0 Å². The van der Waals surface area contributed by atoms with E-state index in [4.69, 9.17) is 0 Å². The van der Waals surface area contributed by atoms with Crippen molar-refractivity contribution in [2.75, 3.05) is 5.32 Å². The van der Waals surface area contributed by atoms with Gasteiger partial charge in [0.05, 0.1) is 4.92 Å². The van der Waals surface area contributed by atoms with Crippen LogP contribution in [0.5, 0.6) is 0 Å². The van der Waals surface area contributed by atoms with Gasteiger partial charge in [-0.25, -0.2) is 13.8 Å². The van der Waals surface area contributed by atoms with E-state index in [1.54, 1.807) is 6.92 Å². The summed E-state index contributed by atoms with van der Waals surface area (Å²) in [5.41, 5.74) is 0.443. The van der Waals surface area contributed by atoms with Gasteiger partial charge in [-0.1, -0.05) is 0 Å². The number of hydrogen-bond acceptors (Lipinski definition) is 5. The van der Waals surface area contributed by atoms with E-state index in [2.05, 4.69) is 15.4 Å². The highest BCUT2D eigenvalue weighted by Crippen LogP contribution is 2.20. The molecule has 0 aliphatic rings. The summed E-state index contributed by atoms with van der Waals surface area (Å²) in [5, 5.41) is 17.3. The average molecular weight is 283 g/mol. The van der Waals surface area contributed by atoms with Crippen molar-refractivity contribution >= 4 is 17.3 Å². The predicted octanol–water partition coefficient (Wildman–Crippen LogP) is 2.50. The predicted molar refractivity (Wildman–Crippen MR) is 67.1 cm³/mol. The van der Waals surface area contributed by atoms with Crippen LogP contribution in [-0.4, -0.2) is 26.1 Å². The van der Waals surface area contributed by atoms with Crippen LogP contribution in [0.15, 0.2) is 24.5 Å². The maximum absolute atomic E-state index is 12.2. The van der Waals surface area contributed by atoms with Gasteiger partial charge < -0.3 is 5.32 Å². The molecule has 20 heavy (non-hydrogen) atoms. The summed E-state index contributed by atoms with van der Waals surface area (Å²) in [7, 11) is 0. The number of nitrogens with zero attached hydrogens (tertiary/aromatic N) is 4. The topological polar surface area (TPSA) is 85.9 Å². The van der Waals surface area contributed by atoms with Crippen molar-refractivity contribution in [3.8, 4) is 0 Å². The molecule has 106 valence electrons. The van der Waals surface area contributed by atoms with Crippen LogP contribution >= 0.6 is 0 Å². The molecule has 0 saturated heterocycles. The van der Waals surface area contributed by atoms with E-state index in [9.17, 15) is 18.9 Å². The number of rotatable bonds is 5. The lowest BCUT2D eigenvalue weighted by molar-refractivity contribution is -0.385. The number of nitrogens with one attached hydrogen (secondary N) is 1. The Balaban J connectivity index is 2.13. The molecular formula is C11H11F2N5O2. The van der Waals surface area contributed by atoms with Gasteiger partial charge in [-0.15, -0.1) is 0 Å². The number of pyridine rings is 1. The molecule has 0 radical (unpaired) electrons. The van der Waals surface area contributed by atoms with Crippen molar-refractivity contribution in [3.63, 3.8) is 0 Å². The molecule has 0 saturated carbocycles. The van der Waals surface area contributed by atoms with Gasteiger partial charge >= 0.3 is 0 Å². The van der Waals surface area contributed by atoms with Gasteiger partial charge in [-0.2, -0.15) is 5.10 Å². The van der Waals surface area contributed by atoms with E-state index in [0.717, 1.165) is 10.9 Å². The molecule has 9 heteroatoms. The molecule has 0 bridgehead atoms. The molecule has 2 aromatic rings. The van der Waals surface area contributed by atoms with Crippen molar-refractivity contribution in [1.82, 2.24) is 14.8 Å². The van der Waals surface area contributed by atoms with Gasteiger partial charge in [0.15, 0.2) is 5.82 Å². The van der Waals surface area contributed by atoms with Crippen LogP contribution < -0.4 is 5.32 Å². The number of alkyl halides is 2. The van der Waals surface area contributed by atoms with E-state index in [-0.39, 0.29) is 5.69 Å². The minimum Gasteiger partial charge on any atom is -0.323 e. The summed E-state index contributed by atoms with van der Waals surface area (Å²) in [4.78, 5) is 14.0. The number of aromatic nitrogens is 3. The lowest BCUT2D eigenvalue weighted by atomic mass is 10.2. The molecule has 2 aromatic heterocycles. The van der Waals surface area contributed by atoms with Crippen LogP contribution in [0.4, 0.5) is 26.1 Å². The smallest absolute Gasteiger partial charge is 0.287 e. The summed E-state index contributed by atoms with van der Waals surface area (Å²) in [6.07, 6.45) is 0.0442. The van der Waals surface area contributed by atoms with Crippen LogP contribution in [0.3, 0.4) is 0 Å². The molecule has 7 nitrogen and oxygen atoms in total. The van der Waals surface area contributed by atoms with E-state index in [1.807, 2.05) is 0 Å². The Morgan fingerprint density at radius 1 is 1.55 bits per heavy atom. The van der Waals surface area contributed by atoms with Crippen molar-refractivity contribution < 1.29 is 13.7 Å². The third-order valence-electron chi connectivity index (χ3n) is 2.49. The molecular weight excluding hydrogens is 272 g/mol. The van der Waals surface area contributed by atoms with Gasteiger partial charge in [0.1, 0.15) is 18.6 Å². The minimum absolute atomic E-state index is 0.115. The van der Waals surface area contributed by atoms with Crippen LogP contribution in [-0.2, 0) is 6.54 Å². The Hall–Kier alpha value is -2.58. The van der Waals surface area contributed by atoms with Gasteiger partial charge in [0.25, 0.3) is 12.1 Å². The first-order chi connectivity index (χ1) is 9.45. The zero-order valence-electron chi connectivity index (χ0n) is 10.5. The monoisotopic (exact) mass is 283 g/mol. The summed E-state index contributed by atoms with van der Waals surface area (Å²) < 4.78 is 25.5. The maximum Gasteiger partial charge on any atom is 0.287 e. The zero-order valence-corrected chi connectivity index (χ0v) is 10.5. The van der Waals surface area contributed by atoms with Gasteiger partial charge in [-0.3, -0.25) is 14.8 Å². The molecule has 1 N–H and O–H groups in total. The third kappa shape index (κ3) is 3.25. The molecule has 0 fully saturated rings. The minimum atomic E-state index is -2.48. The standard InChI is InChI=1S/C11H11F2N5O2/c1-7-4-8(18(19)20)5-14-11(7)15-10-2-3-17(16-10)6-9(12)13/h2-5,9H,6H2,1H3,(H,14,15,16). The van der Waals surface area contributed by atoms with E-state index in [1.165, 1.54) is 18.3 Å². The number of nitro groups is 1. The first-order valence-electron chi connectivity index (χ1n) is 5.65. The fourth-order valence-electron chi connectivity index (χ4n) is 1.58. The number of halogens is 2. The fourth-order valence-corrected chi connectivity index (χ4v) is 1.58. The normalized spacial score (nSPS) is 10.8. The van der Waals surface area contributed by atoms with Crippen molar-refractivity contribution in [2.24, 2.45) is 0 Å². The zero-order chi connectivity index (χ0) is 14.7. The second-order valence-corrected chi connectivity index (χ2v) is 4.06. The highest BCUT2D eigenvalue weighted by molar-refractivity contribution is 5.57. The second-order valence-electron chi connectivity index (χ2n) is 4.06. The Labute approximate surface area is 112 Å². The van der Waals surface area contributed by atoms with Crippen LogP contribution in [0.25, 0.3) is 0 Å². The van der Waals surface area contributed by atoms with E-state index >= 15 is 0 Å². The number of anilines is 2. The van der Waals surface area contributed by atoms with E-state index in [0.29, 0.717) is 17.2 Å².